The molecule has 0 aromatic carbocycles. The van der Waals surface area contributed by atoms with Crippen LogP contribution in [0.1, 0.15) is 18.4 Å². The Bertz CT molecular complexity index is 612. The lowest BCUT2D eigenvalue weighted by Gasteiger charge is -2.34. The van der Waals surface area contributed by atoms with Gasteiger partial charge in [-0.1, -0.05) is 23.2 Å². The number of nitrogens with zero attached hydrogens (tertiary/aromatic N) is 2. The second-order valence-corrected chi connectivity index (χ2v) is 6.48. The molecule has 0 spiro atoms. The second-order valence-electron chi connectivity index (χ2n) is 5.59. The Hall–Kier alpha value is -1.10. The molecule has 0 aliphatic carbocycles. The molecule has 6 heteroatoms. The molecule has 0 amide bonds. The molecule has 0 bridgehead atoms. The average Bonchev–Trinajstić information content (AvgIpc) is 2.51. The molecule has 0 saturated carbocycles. The highest BCUT2D eigenvalue weighted by molar-refractivity contribution is 6.32. The van der Waals surface area contributed by atoms with Crippen molar-refractivity contribution in [3.05, 3.63) is 46.0 Å². The Morgan fingerprint density at radius 2 is 2.05 bits per heavy atom. The van der Waals surface area contributed by atoms with Gasteiger partial charge >= 0.3 is 0 Å². The predicted molar refractivity (Wildman–Crippen MR) is 86.2 cm³/mol. The van der Waals surface area contributed by atoms with E-state index in [1.165, 1.54) is 12.3 Å². The van der Waals surface area contributed by atoms with Crippen molar-refractivity contribution < 1.29 is 9.13 Å². The van der Waals surface area contributed by atoms with E-state index in [0.717, 1.165) is 43.3 Å². The van der Waals surface area contributed by atoms with Crippen LogP contribution in [-0.2, 0) is 4.74 Å². The van der Waals surface area contributed by atoms with Gasteiger partial charge in [-0.3, -0.25) is 0 Å². The first kappa shape index (κ1) is 15.8. The van der Waals surface area contributed by atoms with Crippen molar-refractivity contribution >= 4 is 28.9 Å². The van der Waals surface area contributed by atoms with Crippen LogP contribution in [0.4, 0.5) is 4.39 Å². The minimum atomic E-state index is -0.535. The van der Waals surface area contributed by atoms with E-state index in [4.69, 9.17) is 27.9 Å². The van der Waals surface area contributed by atoms with Crippen LogP contribution in [0.2, 0.25) is 5.02 Å². The summed E-state index contributed by atoms with van der Waals surface area (Å²) in [6.45, 7) is 3.07. The van der Waals surface area contributed by atoms with Crippen LogP contribution in [0.5, 0.6) is 0 Å². The fraction of sp³-hybridized carbons (Fsp3) is 0.438. The fourth-order valence-electron chi connectivity index (χ4n) is 2.87. The summed E-state index contributed by atoms with van der Waals surface area (Å²) in [5, 5.41) is 1.21. The lowest BCUT2D eigenvalue weighted by molar-refractivity contribution is 0.0595. The van der Waals surface area contributed by atoms with Crippen LogP contribution in [0.3, 0.4) is 0 Å². The molecule has 1 aromatic heterocycles. The molecule has 3 nitrogen and oxygen atoms in total. The van der Waals surface area contributed by atoms with E-state index in [1.807, 2.05) is 12.2 Å². The van der Waals surface area contributed by atoms with Gasteiger partial charge in [0.05, 0.1) is 11.6 Å². The van der Waals surface area contributed by atoms with Crippen LogP contribution in [0.15, 0.2) is 29.4 Å². The SMILES string of the molecule is Fc1cc(C2=CC=C(Cl)CN2CC2CCOCC2)c(Cl)cn1. The zero-order valence-electron chi connectivity index (χ0n) is 12.1. The third-order valence-corrected chi connectivity index (χ3v) is 4.57. The van der Waals surface area contributed by atoms with Crippen molar-refractivity contribution in [1.29, 1.82) is 0 Å². The molecule has 3 rings (SSSR count). The third-order valence-electron chi connectivity index (χ3n) is 4.02. The van der Waals surface area contributed by atoms with E-state index in [1.54, 1.807) is 0 Å². The number of halogens is 3. The number of aromatic nitrogens is 1. The van der Waals surface area contributed by atoms with Gasteiger partial charge in [0.25, 0.3) is 0 Å². The maximum atomic E-state index is 13.5. The number of rotatable bonds is 3. The van der Waals surface area contributed by atoms with Gasteiger partial charge in [0, 0.05) is 48.3 Å². The van der Waals surface area contributed by atoms with Crippen LogP contribution < -0.4 is 0 Å². The average molecular weight is 343 g/mol. The Morgan fingerprint density at radius 1 is 1.27 bits per heavy atom. The Kier molecular flexibility index (Phi) is 5.01. The van der Waals surface area contributed by atoms with E-state index in [9.17, 15) is 4.39 Å². The summed E-state index contributed by atoms with van der Waals surface area (Å²) in [5.74, 6) is 0.0112. The van der Waals surface area contributed by atoms with E-state index < -0.39 is 5.95 Å². The molecule has 0 atom stereocenters. The molecule has 3 heterocycles. The predicted octanol–water partition coefficient (Wildman–Crippen LogP) is 4.08. The zero-order valence-corrected chi connectivity index (χ0v) is 13.6. The minimum Gasteiger partial charge on any atom is -0.381 e. The van der Waals surface area contributed by atoms with Gasteiger partial charge < -0.3 is 9.64 Å². The van der Waals surface area contributed by atoms with Gasteiger partial charge in [-0.05, 0) is 30.9 Å². The van der Waals surface area contributed by atoms with Gasteiger partial charge in [-0.25, -0.2) is 4.98 Å². The summed E-state index contributed by atoms with van der Waals surface area (Å²) in [6.07, 6.45) is 7.14. The van der Waals surface area contributed by atoms with Gasteiger partial charge in [0.1, 0.15) is 0 Å². The van der Waals surface area contributed by atoms with Crippen LogP contribution >= 0.6 is 23.2 Å². The molecule has 118 valence electrons. The Balaban J connectivity index is 1.86. The summed E-state index contributed by atoms with van der Waals surface area (Å²) in [6, 6.07) is 1.37. The molecule has 0 unspecified atom stereocenters. The number of hydrogen-bond acceptors (Lipinski definition) is 3. The standard InChI is InChI=1S/C16H17Cl2FN2O/c17-12-1-2-15(13-7-16(19)20-8-14(13)18)21(10-12)9-11-3-5-22-6-4-11/h1-2,7-8,11H,3-6,9-10H2. The summed E-state index contributed by atoms with van der Waals surface area (Å²) in [5.41, 5.74) is 1.55. The number of ether oxygens (including phenoxy) is 1. The molecule has 1 aromatic rings. The Morgan fingerprint density at radius 3 is 2.82 bits per heavy atom. The van der Waals surface area contributed by atoms with Crippen LogP contribution in [-0.4, -0.2) is 36.2 Å². The normalized spacial score (nSPS) is 19.9. The van der Waals surface area contributed by atoms with E-state index in [-0.39, 0.29) is 0 Å². The van der Waals surface area contributed by atoms with Crippen LogP contribution in [0.25, 0.3) is 5.70 Å². The first-order chi connectivity index (χ1) is 10.6. The molecule has 1 saturated heterocycles. The van der Waals surface area contributed by atoms with Crippen molar-refractivity contribution in [2.24, 2.45) is 5.92 Å². The van der Waals surface area contributed by atoms with Gasteiger partial charge in [-0.2, -0.15) is 4.39 Å². The molecular weight excluding hydrogens is 326 g/mol. The number of hydrogen-bond donors (Lipinski definition) is 0. The molecule has 0 radical (unpaired) electrons. The maximum absolute atomic E-state index is 13.5. The molecule has 0 N–H and O–H groups in total. The largest absolute Gasteiger partial charge is 0.381 e. The quantitative estimate of drug-likeness (QED) is 0.774. The van der Waals surface area contributed by atoms with E-state index in [2.05, 4.69) is 9.88 Å². The molecule has 1 fully saturated rings. The van der Waals surface area contributed by atoms with Crippen molar-refractivity contribution in [2.45, 2.75) is 12.8 Å². The lowest BCUT2D eigenvalue weighted by atomic mass is 9.98. The Labute approximate surface area is 139 Å². The lowest BCUT2D eigenvalue weighted by Crippen LogP contribution is -2.33. The highest BCUT2D eigenvalue weighted by Gasteiger charge is 2.23. The number of allylic oxidation sites excluding steroid dienone is 2. The topological polar surface area (TPSA) is 25.4 Å². The van der Waals surface area contributed by atoms with E-state index in [0.29, 0.717) is 23.0 Å². The first-order valence-corrected chi connectivity index (χ1v) is 8.09. The second kappa shape index (κ2) is 6.99. The highest BCUT2D eigenvalue weighted by atomic mass is 35.5. The summed E-state index contributed by atoms with van der Waals surface area (Å²) in [4.78, 5) is 5.75. The third kappa shape index (κ3) is 3.62. The molecular formula is C16H17Cl2FN2O. The monoisotopic (exact) mass is 342 g/mol. The maximum Gasteiger partial charge on any atom is 0.213 e. The van der Waals surface area contributed by atoms with Gasteiger partial charge in [-0.15, -0.1) is 0 Å². The van der Waals surface area contributed by atoms with Crippen LogP contribution in [0, 0.1) is 11.9 Å². The zero-order chi connectivity index (χ0) is 15.5. The van der Waals surface area contributed by atoms with Crippen molar-refractivity contribution in [2.75, 3.05) is 26.3 Å². The van der Waals surface area contributed by atoms with E-state index >= 15 is 0 Å². The summed E-state index contributed by atoms with van der Waals surface area (Å²) in [7, 11) is 0. The van der Waals surface area contributed by atoms with Crippen molar-refractivity contribution in [3.8, 4) is 0 Å². The smallest absolute Gasteiger partial charge is 0.213 e. The molecule has 2 aliphatic rings. The minimum absolute atomic E-state index is 0.441. The van der Waals surface area contributed by atoms with Gasteiger partial charge in [0.15, 0.2) is 0 Å². The number of pyridine rings is 1. The fourth-order valence-corrected chi connectivity index (χ4v) is 3.28. The van der Waals surface area contributed by atoms with Crippen molar-refractivity contribution in [3.63, 3.8) is 0 Å². The molecule has 22 heavy (non-hydrogen) atoms. The van der Waals surface area contributed by atoms with Gasteiger partial charge in [0.2, 0.25) is 5.95 Å². The summed E-state index contributed by atoms with van der Waals surface area (Å²) < 4.78 is 18.9. The first-order valence-electron chi connectivity index (χ1n) is 7.34. The highest BCUT2D eigenvalue weighted by Crippen LogP contribution is 2.32. The summed E-state index contributed by atoms with van der Waals surface area (Å²) >= 11 is 12.4. The molecule has 2 aliphatic heterocycles. The van der Waals surface area contributed by atoms with Crippen molar-refractivity contribution in [1.82, 2.24) is 9.88 Å².